The molecule has 0 unspecified atom stereocenters. The van der Waals surface area contributed by atoms with Crippen LogP contribution >= 0.6 is 0 Å². The zero-order chi connectivity index (χ0) is 21.6. The lowest BCUT2D eigenvalue weighted by atomic mass is 9.96. The normalized spacial score (nSPS) is 15.8. The van der Waals surface area contributed by atoms with Gasteiger partial charge in [-0.05, 0) is 61.2 Å². The Morgan fingerprint density at radius 1 is 0.833 bits per heavy atom. The standard InChI is InChI=1S/C21H28N2O5S2/c1-28-19-9-13-20(14-10-19)29(24,25)22-16-15-17-7-11-21(12-8-17)30(26,27)23-18-5-3-2-4-6-18/h7-14,18,22-23H,2-6,15-16H2,1H3. The average molecular weight is 453 g/mol. The highest BCUT2D eigenvalue weighted by Crippen LogP contribution is 2.20. The molecule has 0 bridgehead atoms. The first-order valence-corrected chi connectivity index (χ1v) is 13.0. The van der Waals surface area contributed by atoms with Gasteiger partial charge in [0.2, 0.25) is 20.0 Å². The van der Waals surface area contributed by atoms with Gasteiger partial charge in [0.05, 0.1) is 16.9 Å². The van der Waals surface area contributed by atoms with Crippen LogP contribution in [0.1, 0.15) is 37.7 Å². The van der Waals surface area contributed by atoms with Crippen LogP contribution in [0.2, 0.25) is 0 Å². The number of sulfonamides is 2. The number of hydrogen-bond donors (Lipinski definition) is 2. The Kier molecular flexibility index (Phi) is 7.51. The van der Waals surface area contributed by atoms with E-state index in [-0.39, 0.29) is 22.4 Å². The second kappa shape index (κ2) is 9.91. The van der Waals surface area contributed by atoms with Gasteiger partial charge in [-0.1, -0.05) is 31.4 Å². The van der Waals surface area contributed by atoms with Crippen LogP contribution in [-0.4, -0.2) is 36.5 Å². The van der Waals surface area contributed by atoms with Crippen LogP contribution in [0, 0.1) is 0 Å². The van der Waals surface area contributed by atoms with Crippen molar-refractivity contribution in [3.63, 3.8) is 0 Å². The monoisotopic (exact) mass is 452 g/mol. The van der Waals surface area contributed by atoms with Gasteiger partial charge in [0.1, 0.15) is 5.75 Å². The van der Waals surface area contributed by atoms with E-state index in [4.69, 9.17) is 4.74 Å². The van der Waals surface area contributed by atoms with Crippen LogP contribution in [0.3, 0.4) is 0 Å². The smallest absolute Gasteiger partial charge is 0.240 e. The van der Waals surface area contributed by atoms with E-state index >= 15 is 0 Å². The van der Waals surface area contributed by atoms with Crippen molar-refractivity contribution >= 4 is 20.0 Å². The number of nitrogens with one attached hydrogen (secondary N) is 2. The quantitative estimate of drug-likeness (QED) is 0.609. The lowest BCUT2D eigenvalue weighted by Crippen LogP contribution is -2.36. The summed E-state index contributed by atoms with van der Waals surface area (Å²) in [4.78, 5) is 0.397. The summed E-state index contributed by atoms with van der Waals surface area (Å²) < 4.78 is 60.2. The van der Waals surface area contributed by atoms with Crippen LogP contribution in [0.15, 0.2) is 58.3 Å². The van der Waals surface area contributed by atoms with E-state index in [1.54, 1.807) is 36.4 Å². The van der Waals surface area contributed by atoms with Gasteiger partial charge in [-0.2, -0.15) is 0 Å². The molecule has 0 aliphatic heterocycles. The van der Waals surface area contributed by atoms with Gasteiger partial charge in [-0.15, -0.1) is 0 Å². The predicted molar refractivity (Wildman–Crippen MR) is 116 cm³/mol. The van der Waals surface area contributed by atoms with Gasteiger partial charge in [0, 0.05) is 12.6 Å². The molecule has 0 radical (unpaired) electrons. The van der Waals surface area contributed by atoms with Crippen molar-refractivity contribution in [2.24, 2.45) is 0 Å². The number of hydrogen-bond acceptors (Lipinski definition) is 5. The molecule has 1 saturated carbocycles. The number of ether oxygens (including phenoxy) is 1. The van der Waals surface area contributed by atoms with Gasteiger partial charge in [-0.3, -0.25) is 0 Å². The Hall–Kier alpha value is -1.94. The minimum absolute atomic E-state index is 0.00999. The molecular formula is C21H28N2O5S2. The second-order valence-corrected chi connectivity index (χ2v) is 10.9. The van der Waals surface area contributed by atoms with Crippen molar-refractivity contribution in [3.05, 3.63) is 54.1 Å². The highest BCUT2D eigenvalue weighted by Gasteiger charge is 2.21. The van der Waals surface area contributed by atoms with E-state index in [1.807, 2.05) is 0 Å². The van der Waals surface area contributed by atoms with Gasteiger partial charge >= 0.3 is 0 Å². The molecule has 1 aliphatic rings. The third-order valence-corrected chi connectivity index (χ3v) is 8.25. The van der Waals surface area contributed by atoms with Crippen molar-refractivity contribution < 1.29 is 21.6 Å². The van der Waals surface area contributed by atoms with Crippen LogP contribution in [0.25, 0.3) is 0 Å². The Bertz CT molecular complexity index is 1030. The molecule has 9 heteroatoms. The molecule has 0 atom stereocenters. The molecule has 2 aromatic carbocycles. The first kappa shape index (κ1) is 22.7. The Balaban J connectivity index is 1.55. The van der Waals surface area contributed by atoms with Gasteiger partial charge in [0.25, 0.3) is 0 Å². The summed E-state index contributed by atoms with van der Waals surface area (Å²) in [7, 11) is -5.63. The zero-order valence-electron chi connectivity index (χ0n) is 17.0. The van der Waals surface area contributed by atoms with Crippen LogP contribution < -0.4 is 14.2 Å². The maximum atomic E-state index is 12.5. The van der Waals surface area contributed by atoms with Crippen molar-refractivity contribution in [3.8, 4) is 5.75 Å². The summed E-state index contributed by atoms with van der Waals surface area (Å²) in [5, 5.41) is 0. The van der Waals surface area contributed by atoms with E-state index in [9.17, 15) is 16.8 Å². The van der Waals surface area contributed by atoms with Gasteiger partial charge < -0.3 is 4.74 Å². The number of rotatable bonds is 9. The molecule has 30 heavy (non-hydrogen) atoms. The third-order valence-electron chi connectivity index (χ3n) is 5.24. The van der Waals surface area contributed by atoms with Gasteiger partial charge in [-0.25, -0.2) is 26.3 Å². The topological polar surface area (TPSA) is 102 Å². The van der Waals surface area contributed by atoms with E-state index in [2.05, 4.69) is 9.44 Å². The minimum atomic E-state index is -3.61. The van der Waals surface area contributed by atoms with Crippen molar-refractivity contribution in [2.75, 3.05) is 13.7 Å². The number of benzene rings is 2. The van der Waals surface area contributed by atoms with Crippen LogP contribution in [-0.2, 0) is 26.5 Å². The first-order valence-electron chi connectivity index (χ1n) is 10.1. The van der Waals surface area contributed by atoms with E-state index in [0.717, 1.165) is 37.7 Å². The fourth-order valence-corrected chi connectivity index (χ4v) is 5.85. The van der Waals surface area contributed by atoms with Crippen molar-refractivity contribution in [1.29, 1.82) is 0 Å². The highest BCUT2D eigenvalue weighted by atomic mass is 32.2. The summed E-state index contributed by atoms with van der Waals surface area (Å²) in [5.74, 6) is 0.585. The van der Waals surface area contributed by atoms with E-state index in [0.29, 0.717) is 12.2 Å². The maximum absolute atomic E-state index is 12.5. The second-order valence-electron chi connectivity index (χ2n) is 7.42. The van der Waals surface area contributed by atoms with Gasteiger partial charge in [0.15, 0.2) is 0 Å². The van der Waals surface area contributed by atoms with Crippen molar-refractivity contribution in [2.45, 2.75) is 54.4 Å². The Morgan fingerprint density at radius 3 is 2.00 bits per heavy atom. The van der Waals surface area contributed by atoms with E-state index in [1.165, 1.54) is 19.2 Å². The summed E-state index contributed by atoms with van der Waals surface area (Å²) in [6.07, 6.45) is 5.48. The highest BCUT2D eigenvalue weighted by molar-refractivity contribution is 7.89. The summed E-state index contributed by atoms with van der Waals surface area (Å²) in [6, 6.07) is 12.7. The minimum Gasteiger partial charge on any atom is -0.497 e. The summed E-state index contributed by atoms with van der Waals surface area (Å²) in [5.41, 5.74) is 0.851. The molecule has 164 valence electrons. The first-order chi connectivity index (χ1) is 14.3. The molecule has 0 heterocycles. The van der Waals surface area contributed by atoms with Crippen LogP contribution in [0.5, 0.6) is 5.75 Å². The maximum Gasteiger partial charge on any atom is 0.240 e. The molecule has 1 aliphatic carbocycles. The molecule has 0 aromatic heterocycles. The van der Waals surface area contributed by atoms with Crippen molar-refractivity contribution in [1.82, 2.24) is 9.44 Å². The molecular weight excluding hydrogens is 424 g/mol. The lowest BCUT2D eigenvalue weighted by Gasteiger charge is -2.22. The largest absolute Gasteiger partial charge is 0.497 e. The fourth-order valence-electron chi connectivity index (χ4n) is 3.51. The number of methoxy groups -OCH3 is 1. The average Bonchev–Trinajstić information content (AvgIpc) is 2.74. The Morgan fingerprint density at radius 2 is 1.40 bits per heavy atom. The lowest BCUT2D eigenvalue weighted by molar-refractivity contribution is 0.412. The molecule has 2 N–H and O–H groups in total. The molecule has 1 fully saturated rings. The predicted octanol–water partition coefficient (Wildman–Crippen LogP) is 2.83. The SMILES string of the molecule is COc1ccc(S(=O)(=O)NCCc2ccc(S(=O)(=O)NC3CCCCC3)cc2)cc1. The Labute approximate surface area is 179 Å². The summed E-state index contributed by atoms with van der Waals surface area (Å²) in [6.45, 7) is 0.209. The fraction of sp³-hybridized carbons (Fsp3) is 0.429. The van der Waals surface area contributed by atoms with E-state index < -0.39 is 20.0 Å². The molecule has 0 spiro atoms. The molecule has 0 amide bonds. The van der Waals surface area contributed by atoms with Crippen LogP contribution in [0.4, 0.5) is 0 Å². The summed E-state index contributed by atoms with van der Waals surface area (Å²) >= 11 is 0. The molecule has 3 rings (SSSR count). The zero-order valence-corrected chi connectivity index (χ0v) is 18.6. The third kappa shape index (κ3) is 6.04. The molecule has 2 aromatic rings. The molecule has 0 saturated heterocycles. The molecule has 7 nitrogen and oxygen atoms in total.